The van der Waals surface area contributed by atoms with Crippen LogP contribution in [0.25, 0.3) is 0 Å². The maximum absolute atomic E-state index is 11.5. The number of carbonyl (C=O) groups excluding carboxylic acids is 1. The molecule has 0 aromatic rings. The fourth-order valence-corrected chi connectivity index (χ4v) is 1.65. The number of nitrogens with one attached hydrogen (secondary N) is 1. The van der Waals surface area contributed by atoms with Crippen LogP contribution in [0.3, 0.4) is 0 Å². The highest BCUT2D eigenvalue weighted by Crippen LogP contribution is 2.16. The molecule has 0 aromatic heterocycles. The lowest BCUT2D eigenvalue weighted by atomic mass is 10.0. The van der Waals surface area contributed by atoms with Gasteiger partial charge in [-0.15, -0.1) is 0 Å². The van der Waals surface area contributed by atoms with Crippen molar-refractivity contribution in [1.82, 2.24) is 10.2 Å². The predicted octanol–water partition coefficient (Wildman–Crippen LogP) is 0.117. The van der Waals surface area contributed by atoms with E-state index < -0.39 is 0 Å². The summed E-state index contributed by atoms with van der Waals surface area (Å²) in [6.45, 7) is 2.86. The van der Waals surface area contributed by atoms with Crippen molar-refractivity contribution in [2.24, 2.45) is 5.92 Å². The molecule has 1 atom stereocenters. The van der Waals surface area contributed by atoms with E-state index in [1.165, 1.54) is 0 Å². The molecule has 70 valence electrons. The smallest absolute Gasteiger partial charge is 0.138 e. The molecule has 0 aromatic carbocycles. The summed E-state index contributed by atoms with van der Waals surface area (Å²) in [5.74, 6) is 0.733. The van der Waals surface area contributed by atoms with E-state index in [2.05, 4.69) is 17.3 Å². The van der Waals surface area contributed by atoms with E-state index in [1.54, 1.807) is 0 Å². The van der Waals surface area contributed by atoms with E-state index >= 15 is 0 Å². The quantitative estimate of drug-likeness (QED) is 0.650. The van der Waals surface area contributed by atoms with Crippen LogP contribution in [0.1, 0.15) is 12.8 Å². The molecule has 1 fully saturated rings. The third kappa shape index (κ3) is 2.57. The van der Waals surface area contributed by atoms with Gasteiger partial charge in [0.15, 0.2) is 0 Å². The SMILES string of the molecule is CNCCC(=O)C1CCN(C)C1. The van der Waals surface area contributed by atoms with Crippen molar-refractivity contribution in [3.05, 3.63) is 0 Å². The maximum atomic E-state index is 11.5. The molecule has 0 radical (unpaired) electrons. The third-order valence-corrected chi connectivity index (χ3v) is 2.47. The van der Waals surface area contributed by atoms with E-state index in [0.717, 1.165) is 26.1 Å². The van der Waals surface area contributed by atoms with Gasteiger partial charge in [-0.1, -0.05) is 0 Å². The second-order valence-electron chi connectivity index (χ2n) is 3.57. The van der Waals surface area contributed by atoms with Crippen molar-refractivity contribution in [3.8, 4) is 0 Å². The summed E-state index contributed by atoms with van der Waals surface area (Å²) < 4.78 is 0. The predicted molar refractivity (Wildman–Crippen MR) is 49.2 cm³/mol. The van der Waals surface area contributed by atoms with Crippen molar-refractivity contribution >= 4 is 5.78 Å². The number of likely N-dealkylation sites (tertiary alicyclic amines) is 1. The van der Waals surface area contributed by atoms with E-state index in [-0.39, 0.29) is 0 Å². The summed E-state index contributed by atoms with van der Waals surface area (Å²) >= 11 is 0. The van der Waals surface area contributed by atoms with Gasteiger partial charge in [-0.05, 0) is 27.1 Å². The monoisotopic (exact) mass is 170 g/mol. The lowest BCUT2D eigenvalue weighted by Gasteiger charge is -2.08. The normalized spacial score (nSPS) is 24.7. The zero-order chi connectivity index (χ0) is 8.97. The molecule has 1 N–H and O–H groups in total. The van der Waals surface area contributed by atoms with E-state index in [9.17, 15) is 4.79 Å². The number of Topliss-reactive ketones (excluding diaryl/α,β-unsaturated/α-hetero) is 1. The molecule has 3 nitrogen and oxygen atoms in total. The summed E-state index contributed by atoms with van der Waals surface area (Å²) in [5, 5.41) is 3.00. The maximum Gasteiger partial charge on any atom is 0.138 e. The lowest BCUT2D eigenvalue weighted by molar-refractivity contribution is -0.122. The van der Waals surface area contributed by atoms with Crippen molar-refractivity contribution in [3.63, 3.8) is 0 Å². The van der Waals surface area contributed by atoms with Gasteiger partial charge in [0.25, 0.3) is 0 Å². The zero-order valence-electron chi connectivity index (χ0n) is 7.97. The molecule has 3 heteroatoms. The highest BCUT2D eigenvalue weighted by Gasteiger charge is 2.24. The summed E-state index contributed by atoms with van der Waals surface area (Å²) in [6.07, 6.45) is 1.74. The molecule has 1 heterocycles. The van der Waals surface area contributed by atoms with Crippen LogP contribution in [0.2, 0.25) is 0 Å². The Labute approximate surface area is 74.1 Å². The van der Waals surface area contributed by atoms with Gasteiger partial charge in [-0.3, -0.25) is 4.79 Å². The number of ketones is 1. The minimum Gasteiger partial charge on any atom is -0.319 e. The molecule has 0 spiro atoms. The molecule has 12 heavy (non-hydrogen) atoms. The van der Waals surface area contributed by atoms with Crippen molar-refractivity contribution in [2.75, 3.05) is 33.7 Å². The summed E-state index contributed by atoms with van der Waals surface area (Å²) in [6, 6.07) is 0. The van der Waals surface area contributed by atoms with E-state index in [4.69, 9.17) is 0 Å². The Morgan fingerprint density at radius 1 is 1.67 bits per heavy atom. The minimum atomic E-state index is 0.309. The van der Waals surface area contributed by atoms with Crippen LogP contribution in [0.5, 0.6) is 0 Å². The molecule has 1 saturated heterocycles. The van der Waals surface area contributed by atoms with Gasteiger partial charge >= 0.3 is 0 Å². The van der Waals surface area contributed by atoms with Crippen LogP contribution in [0.15, 0.2) is 0 Å². The van der Waals surface area contributed by atoms with Gasteiger partial charge in [0.05, 0.1) is 0 Å². The van der Waals surface area contributed by atoms with Crippen molar-refractivity contribution in [2.45, 2.75) is 12.8 Å². The first kappa shape index (κ1) is 9.68. The van der Waals surface area contributed by atoms with Crippen LogP contribution >= 0.6 is 0 Å². The van der Waals surface area contributed by atoms with Crippen LogP contribution < -0.4 is 5.32 Å². The Kier molecular flexibility index (Phi) is 3.69. The van der Waals surface area contributed by atoms with E-state index in [0.29, 0.717) is 18.1 Å². The fraction of sp³-hybridized carbons (Fsp3) is 0.889. The standard InChI is InChI=1S/C9H18N2O/c1-10-5-3-9(12)8-4-6-11(2)7-8/h8,10H,3-7H2,1-2H3. The molecule has 1 aliphatic heterocycles. The molecule has 1 unspecified atom stereocenters. The molecule has 0 amide bonds. The molecule has 0 saturated carbocycles. The first-order valence-corrected chi connectivity index (χ1v) is 4.60. The second kappa shape index (κ2) is 4.58. The molecular weight excluding hydrogens is 152 g/mol. The van der Waals surface area contributed by atoms with Crippen LogP contribution in [0.4, 0.5) is 0 Å². The first-order chi connectivity index (χ1) is 5.74. The Morgan fingerprint density at radius 2 is 2.42 bits per heavy atom. The molecule has 1 rings (SSSR count). The highest BCUT2D eigenvalue weighted by molar-refractivity contribution is 5.81. The Bertz CT molecular complexity index is 159. The minimum absolute atomic E-state index is 0.309. The van der Waals surface area contributed by atoms with Gasteiger partial charge in [-0.25, -0.2) is 0 Å². The molecule has 0 aliphatic carbocycles. The average Bonchev–Trinajstić information content (AvgIpc) is 2.47. The average molecular weight is 170 g/mol. The molecule has 1 aliphatic rings. The first-order valence-electron chi connectivity index (χ1n) is 4.60. The van der Waals surface area contributed by atoms with Gasteiger partial charge in [-0.2, -0.15) is 0 Å². The number of hydrogen-bond acceptors (Lipinski definition) is 3. The number of hydrogen-bond donors (Lipinski definition) is 1. The Hall–Kier alpha value is -0.410. The molecule has 0 bridgehead atoms. The van der Waals surface area contributed by atoms with Gasteiger partial charge < -0.3 is 10.2 Å². The second-order valence-corrected chi connectivity index (χ2v) is 3.57. The topological polar surface area (TPSA) is 32.3 Å². The molecular formula is C9H18N2O. The van der Waals surface area contributed by atoms with Gasteiger partial charge in [0.2, 0.25) is 0 Å². The number of carbonyl (C=O) groups is 1. The summed E-state index contributed by atoms with van der Waals surface area (Å²) in [4.78, 5) is 13.7. The van der Waals surface area contributed by atoms with Crippen LogP contribution in [-0.2, 0) is 4.79 Å². The largest absolute Gasteiger partial charge is 0.319 e. The number of rotatable bonds is 4. The fourth-order valence-electron chi connectivity index (χ4n) is 1.65. The third-order valence-electron chi connectivity index (χ3n) is 2.47. The summed E-state index contributed by atoms with van der Waals surface area (Å²) in [5.41, 5.74) is 0. The van der Waals surface area contributed by atoms with Crippen molar-refractivity contribution < 1.29 is 4.79 Å². The Morgan fingerprint density at radius 3 is 2.92 bits per heavy atom. The van der Waals surface area contributed by atoms with E-state index in [1.807, 2.05) is 7.05 Å². The van der Waals surface area contributed by atoms with Crippen LogP contribution in [0, 0.1) is 5.92 Å². The summed E-state index contributed by atoms with van der Waals surface area (Å²) in [7, 11) is 3.96. The highest BCUT2D eigenvalue weighted by atomic mass is 16.1. The number of nitrogens with zero attached hydrogens (tertiary/aromatic N) is 1. The Balaban J connectivity index is 2.23. The zero-order valence-corrected chi connectivity index (χ0v) is 7.97. The van der Waals surface area contributed by atoms with Crippen LogP contribution in [-0.4, -0.2) is 44.4 Å². The van der Waals surface area contributed by atoms with Crippen molar-refractivity contribution in [1.29, 1.82) is 0 Å². The lowest BCUT2D eigenvalue weighted by Crippen LogP contribution is -2.22. The van der Waals surface area contributed by atoms with Gasteiger partial charge in [0.1, 0.15) is 5.78 Å². The van der Waals surface area contributed by atoms with Gasteiger partial charge in [0, 0.05) is 25.4 Å².